The van der Waals surface area contributed by atoms with Gasteiger partial charge in [-0.3, -0.25) is 9.89 Å². The van der Waals surface area contributed by atoms with Crippen molar-refractivity contribution in [3.05, 3.63) is 49.7 Å². The molecule has 0 aliphatic rings. The molecule has 0 saturated carbocycles. The van der Waals surface area contributed by atoms with Crippen LogP contribution in [-0.4, -0.2) is 10.2 Å². The standard InChI is InChI=1S/C10H6Cl3N3OS/c11-6-2-1-5(3-7(6)12)18-16-10-8(17)4-9(13)14-15-10/h1-4H,(H,14,17)(H,15,16). The van der Waals surface area contributed by atoms with Gasteiger partial charge < -0.3 is 4.72 Å². The minimum absolute atomic E-state index is 0.162. The summed E-state index contributed by atoms with van der Waals surface area (Å²) < 4.78 is 2.80. The van der Waals surface area contributed by atoms with Crippen LogP contribution in [0.2, 0.25) is 15.2 Å². The third-order valence-corrected chi connectivity index (χ3v) is 3.64. The van der Waals surface area contributed by atoms with Crippen molar-refractivity contribution in [1.29, 1.82) is 0 Å². The van der Waals surface area contributed by atoms with E-state index in [1.807, 2.05) is 0 Å². The van der Waals surface area contributed by atoms with Gasteiger partial charge in [0.15, 0.2) is 0 Å². The van der Waals surface area contributed by atoms with Gasteiger partial charge in [0.1, 0.15) is 5.15 Å². The average molecular weight is 323 g/mol. The number of H-pyrrole nitrogens is 1. The quantitative estimate of drug-likeness (QED) is 0.843. The van der Waals surface area contributed by atoms with Gasteiger partial charge in [-0.05, 0) is 30.1 Å². The summed E-state index contributed by atoms with van der Waals surface area (Å²) in [6, 6.07) is 6.38. The highest BCUT2D eigenvalue weighted by molar-refractivity contribution is 8.00. The van der Waals surface area contributed by atoms with Crippen LogP contribution in [0.15, 0.2) is 34.0 Å². The van der Waals surface area contributed by atoms with Crippen LogP contribution in [0.25, 0.3) is 0 Å². The summed E-state index contributed by atoms with van der Waals surface area (Å²) in [4.78, 5) is 12.3. The molecule has 1 aromatic heterocycles. The summed E-state index contributed by atoms with van der Waals surface area (Å²) in [6.45, 7) is 0. The van der Waals surface area contributed by atoms with E-state index in [1.165, 1.54) is 18.0 Å². The van der Waals surface area contributed by atoms with E-state index in [-0.39, 0.29) is 16.4 Å². The number of nitrogens with zero attached hydrogens (tertiary/aromatic N) is 1. The molecule has 0 fully saturated rings. The van der Waals surface area contributed by atoms with Crippen LogP contribution in [0.5, 0.6) is 0 Å². The van der Waals surface area contributed by atoms with E-state index >= 15 is 0 Å². The van der Waals surface area contributed by atoms with Gasteiger partial charge in [-0.1, -0.05) is 34.8 Å². The number of benzene rings is 1. The van der Waals surface area contributed by atoms with E-state index in [1.54, 1.807) is 18.2 Å². The lowest BCUT2D eigenvalue weighted by Crippen LogP contribution is -2.09. The maximum atomic E-state index is 11.5. The van der Waals surface area contributed by atoms with Gasteiger partial charge in [-0.25, -0.2) is 0 Å². The molecule has 0 radical (unpaired) electrons. The Labute approximate surface area is 122 Å². The monoisotopic (exact) mass is 321 g/mol. The van der Waals surface area contributed by atoms with E-state index in [9.17, 15) is 4.79 Å². The molecule has 8 heteroatoms. The fourth-order valence-corrected chi connectivity index (χ4v) is 2.28. The molecule has 1 heterocycles. The van der Waals surface area contributed by atoms with Gasteiger partial charge >= 0.3 is 0 Å². The number of aromatic amines is 1. The third kappa shape index (κ3) is 3.32. The molecule has 2 aromatic rings. The Hall–Kier alpha value is -0.880. The van der Waals surface area contributed by atoms with Crippen molar-refractivity contribution >= 4 is 52.6 Å². The van der Waals surface area contributed by atoms with Crippen LogP contribution in [0, 0.1) is 0 Å². The molecule has 18 heavy (non-hydrogen) atoms. The van der Waals surface area contributed by atoms with E-state index in [2.05, 4.69) is 14.9 Å². The molecule has 0 saturated heterocycles. The maximum Gasteiger partial charge on any atom is 0.226 e. The third-order valence-electron chi connectivity index (χ3n) is 1.92. The van der Waals surface area contributed by atoms with Gasteiger partial charge in [0.25, 0.3) is 0 Å². The van der Waals surface area contributed by atoms with Crippen molar-refractivity contribution in [3.8, 4) is 0 Å². The summed E-state index contributed by atoms with van der Waals surface area (Å²) in [5, 5.41) is 7.37. The average Bonchev–Trinajstić information content (AvgIpc) is 2.32. The molecule has 94 valence electrons. The summed E-state index contributed by atoms with van der Waals surface area (Å²) in [6.07, 6.45) is 0. The van der Waals surface area contributed by atoms with E-state index in [4.69, 9.17) is 34.8 Å². The zero-order valence-electron chi connectivity index (χ0n) is 8.71. The number of nitrogens with one attached hydrogen (secondary N) is 2. The molecule has 1 aromatic carbocycles. The van der Waals surface area contributed by atoms with Gasteiger partial charge in [-0.2, -0.15) is 5.10 Å². The predicted octanol–water partition coefficient (Wildman–Crippen LogP) is 3.85. The Kier molecular flexibility index (Phi) is 4.40. The van der Waals surface area contributed by atoms with E-state index in [0.717, 1.165) is 4.90 Å². The second-order valence-electron chi connectivity index (χ2n) is 3.21. The lowest BCUT2D eigenvalue weighted by atomic mass is 10.4. The highest BCUT2D eigenvalue weighted by Crippen LogP contribution is 2.27. The number of rotatable bonds is 3. The van der Waals surface area contributed by atoms with Crippen LogP contribution < -0.4 is 10.2 Å². The summed E-state index contributed by atoms with van der Waals surface area (Å²) in [5.74, 6) is 0.162. The van der Waals surface area contributed by atoms with Crippen LogP contribution in [0.4, 0.5) is 5.82 Å². The van der Waals surface area contributed by atoms with Crippen LogP contribution >= 0.6 is 46.8 Å². The Balaban J connectivity index is 2.11. The first-order valence-corrected chi connectivity index (χ1v) is 6.64. The molecule has 4 nitrogen and oxygen atoms in total. The van der Waals surface area contributed by atoms with Crippen LogP contribution in [0.3, 0.4) is 0 Å². The lowest BCUT2D eigenvalue weighted by molar-refractivity contribution is 1.03. The highest BCUT2D eigenvalue weighted by Gasteiger charge is 2.04. The Morgan fingerprint density at radius 2 is 1.94 bits per heavy atom. The Bertz CT molecular complexity index is 632. The van der Waals surface area contributed by atoms with Crippen LogP contribution in [0.1, 0.15) is 0 Å². The Morgan fingerprint density at radius 3 is 2.61 bits per heavy atom. The maximum absolute atomic E-state index is 11.5. The number of halogens is 3. The van der Waals surface area contributed by atoms with Crippen molar-refractivity contribution in [2.45, 2.75) is 4.90 Å². The molecular weight excluding hydrogens is 317 g/mol. The smallest absolute Gasteiger partial charge is 0.226 e. The second kappa shape index (κ2) is 5.84. The van der Waals surface area contributed by atoms with E-state index < -0.39 is 0 Å². The zero-order valence-corrected chi connectivity index (χ0v) is 11.8. The number of aromatic nitrogens is 2. The lowest BCUT2D eigenvalue weighted by Gasteiger charge is -2.04. The number of hydrogen-bond donors (Lipinski definition) is 2. The summed E-state index contributed by atoms with van der Waals surface area (Å²) in [5.41, 5.74) is -0.300. The van der Waals surface area contributed by atoms with Gasteiger partial charge in [0.2, 0.25) is 11.2 Å². The number of hydrogen-bond acceptors (Lipinski definition) is 4. The first-order chi connectivity index (χ1) is 8.56. The molecule has 0 spiro atoms. The van der Waals surface area contributed by atoms with Gasteiger partial charge in [-0.15, -0.1) is 0 Å². The molecule has 0 aliphatic carbocycles. The van der Waals surface area contributed by atoms with E-state index in [0.29, 0.717) is 10.0 Å². The predicted molar refractivity (Wildman–Crippen MR) is 75.8 cm³/mol. The summed E-state index contributed by atoms with van der Waals surface area (Å²) in [7, 11) is 0. The Morgan fingerprint density at radius 1 is 1.17 bits per heavy atom. The SMILES string of the molecule is O=c1cc(Cl)[nH]nc1NSc1ccc(Cl)c(Cl)c1. The van der Waals surface area contributed by atoms with Crippen molar-refractivity contribution in [2.24, 2.45) is 0 Å². The van der Waals surface area contributed by atoms with Crippen molar-refractivity contribution < 1.29 is 0 Å². The fraction of sp³-hybridized carbons (Fsp3) is 0. The first-order valence-electron chi connectivity index (χ1n) is 4.69. The second-order valence-corrected chi connectivity index (χ2v) is 5.31. The largest absolute Gasteiger partial charge is 0.306 e. The molecule has 0 atom stereocenters. The molecular formula is C10H6Cl3N3OS. The van der Waals surface area contributed by atoms with Gasteiger partial charge in [0.05, 0.1) is 10.0 Å². The fourth-order valence-electron chi connectivity index (χ4n) is 1.10. The van der Waals surface area contributed by atoms with Crippen molar-refractivity contribution in [1.82, 2.24) is 10.2 Å². The molecule has 0 bridgehead atoms. The molecule has 2 N–H and O–H groups in total. The molecule has 0 amide bonds. The summed E-state index contributed by atoms with van der Waals surface area (Å²) >= 11 is 18.5. The first kappa shape index (κ1) is 13.5. The normalized spacial score (nSPS) is 10.4. The number of anilines is 1. The zero-order chi connectivity index (χ0) is 13.1. The van der Waals surface area contributed by atoms with Crippen molar-refractivity contribution in [3.63, 3.8) is 0 Å². The highest BCUT2D eigenvalue weighted by atomic mass is 35.5. The van der Waals surface area contributed by atoms with Gasteiger partial charge in [0, 0.05) is 11.0 Å². The van der Waals surface area contributed by atoms with Crippen molar-refractivity contribution in [2.75, 3.05) is 4.72 Å². The molecule has 2 rings (SSSR count). The van der Waals surface area contributed by atoms with Crippen LogP contribution in [-0.2, 0) is 0 Å². The minimum atomic E-state index is -0.300. The molecule has 0 aliphatic heterocycles. The minimum Gasteiger partial charge on any atom is -0.306 e. The topological polar surface area (TPSA) is 57.8 Å². The molecule has 0 unspecified atom stereocenters.